The lowest BCUT2D eigenvalue weighted by Crippen LogP contribution is -2.18. The van der Waals surface area contributed by atoms with E-state index in [0.29, 0.717) is 0 Å². The predicted octanol–water partition coefficient (Wildman–Crippen LogP) is 25.3. The lowest BCUT2D eigenvalue weighted by atomic mass is 9.82. The number of nitrogens with zero attached hydrogens (tertiary/aromatic N) is 4. The summed E-state index contributed by atoms with van der Waals surface area (Å²) in [6, 6.07) is 76.9. The summed E-state index contributed by atoms with van der Waals surface area (Å²) in [6.45, 7) is 42.8. The van der Waals surface area contributed by atoms with Crippen LogP contribution in [0.15, 0.2) is 194 Å². The van der Waals surface area contributed by atoms with Gasteiger partial charge in [0, 0.05) is 76.7 Å². The van der Waals surface area contributed by atoms with Gasteiger partial charge in [-0.1, -0.05) is 208 Å². The number of benzene rings is 11. The minimum atomic E-state index is -0.252. The Kier molecular flexibility index (Phi) is 11.9. The van der Waals surface area contributed by atoms with Crippen molar-refractivity contribution in [3.05, 3.63) is 250 Å². The molecule has 466 valence electrons. The lowest BCUT2D eigenvalue weighted by Gasteiger charge is -2.33. The zero-order chi connectivity index (χ0) is 65.6. The van der Waals surface area contributed by atoms with E-state index in [1.54, 1.807) is 0 Å². The second-order valence-corrected chi connectivity index (χ2v) is 33.3. The minimum absolute atomic E-state index is 0.0787. The van der Waals surface area contributed by atoms with Gasteiger partial charge in [0.25, 0.3) is 0 Å². The largest absolute Gasteiger partial charge is 0.308 e. The molecule has 94 heavy (non-hydrogen) atoms. The van der Waals surface area contributed by atoms with Gasteiger partial charge in [0.2, 0.25) is 0 Å². The van der Waals surface area contributed by atoms with E-state index in [0.717, 1.165) is 22.7 Å². The average molecular weight is 1220 g/mol. The molecular weight excluding hydrogens is 1140 g/mol. The molecule has 0 saturated carbocycles. The first-order valence-corrected chi connectivity index (χ1v) is 34.2. The average Bonchev–Trinajstić information content (AvgIpc) is 1.48. The molecule has 0 atom stereocenters. The van der Waals surface area contributed by atoms with E-state index in [1.165, 1.54) is 165 Å². The van der Waals surface area contributed by atoms with Crippen LogP contribution >= 0.6 is 0 Å². The molecule has 15 aromatic rings. The minimum Gasteiger partial charge on any atom is -0.308 e. The summed E-state index contributed by atoms with van der Waals surface area (Å²) in [5, 5.41) is 10.1. The highest BCUT2D eigenvalue weighted by Gasteiger charge is 2.41. The van der Waals surface area contributed by atoms with Gasteiger partial charge < -0.3 is 18.6 Å². The maximum absolute atomic E-state index is 2.74. The number of aryl methyl sites for hydroxylation is 2. The first-order chi connectivity index (χ1) is 44.5. The summed E-state index contributed by atoms with van der Waals surface area (Å²) < 4.78 is 5.48. The fourth-order valence-corrected chi connectivity index (χ4v) is 17.0. The van der Waals surface area contributed by atoms with Gasteiger partial charge in [0.05, 0.1) is 44.5 Å². The van der Waals surface area contributed by atoms with Gasteiger partial charge in [-0.05, 0) is 210 Å². The standard InChI is InChI=1S/C90H86N4/c1-51-25-23-27-57(41-51)91(59-35-37-63-61-29-19-21-31-71(61)89(15,16)73(63)49-59)81-77-69-47-55(87(9,10)11)45-67-66-44-54(86(6,7)8)34-40-76(66)94(79(67)69)84(77)82(92(58-28-24-26-52(2)42-58)60-36-38-64-62-30-20-22-32-72(62)90(17,18)74(64)50-60)78-70-48-56(88(12,13)14)46-68-65-43-53(85(3,4)5)33-39-75(65)93(80(68)70)83(78)81/h19-50H,1-18H3. The third kappa shape index (κ3) is 8.10. The van der Waals surface area contributed by atoms with Gasteiger partial charge in [-0.25, -0.2) is 0 Å². The summed E-state index contributed by atoms with van der Waals surface area (Å²) >= 11 is 0. The fourth-order valence-electron chi connectivity index (χ4n) is 17.0. The molecule has 0 saturated heterocycles. The molecule has 11 aromatic carbocycles. The molecule has 0 fully saturated rings. The first-order valence-electron chi connectivity index (χ1n) is 34.2. The molecular formula is C90H86N4. The Hall–Kier alpha value is -9.38. The van der Waals surface area contributed by atoms with Crippen LogP contribution in [0.25, 0.3) is 98.4 Å². The molecule has 0 N–H and O–H groups in total. The fraction of sp³-hybridized carbons (Fsp3) is 0.267. The van der Waals surface area contributed by atoms with E-state index < -0.39 is 0 Å². The monoisotopic (exact) mass is 1220 g/mol. The number of rotatable bonds is 6. The van der Waals surface area contributed by atoms with Gasteiger partial charge in [0.1, 0.15) is 0 Å². The van der Waals surface area contributed by atoms with Gasteiger partial charge >= 0.3 is 0 Å². The SMILES string of the molecule is Cc1cccc(N(c2ccc3c(c2)C(C)(C)c2ccccc2-3)c2c3c4cc(C(C)(C)C)cc5c6cc(C(C)(C)C)ccc6n(c3c(N(c3cccc(C)c3)c3ccc6c(c3)C(C)(C)c3ccccc3-6)c3c6cc(C(C)(C)C)cc7c8cc(C(C)(C)C)ccc8n(c23)c76)c54)c1. The van der Waals surface area contributed by atoms with Crippen molar-refractivity contribution in [2.24, 2.45) is 0 Å². The summed E-state index contributed by atoms with van der Waals surface area (Å²) in [5.41, 5.74) is 31.5. The second kappa shape index (κ2) is 19.2. The van der Waals surface area contributed by atoms with Crippen LogP contribution in [-0.2, 0) is 32.5 Å². The van der Waals surface area contributed by atoms with Crippen LogP contribution in [0, 0.1) is 13.8 Å². The molecule has 17 rings (SSSR count). The molecule has 0 unspecified atom stereocenters. The second-order valence-electron chi connectivity index (χ2n) is 33.3. The van der Waals surface area contributed by atoms with E-state index in [-0.39, 0.29) is 32.5 Å². The molecule has 4 nitrogen and oxygen atoms in total. The Morgan fingerprint density at radius 2 is 0.628 bits per heavy atom. The highest BCUT2D eigenvalue weighted by atomic mass is 15.2. The van der Waals surface area contributed by atoms with Crippen LogP contribution in [0.5, 0.6) is 0 Å². The van der Waals surface area contributed by atoms with Crippen molar-refractivity contribution in [3.8, 4) is 22.3 Å². The quantitative estimate of drug-likeness (QED) is 0.154. The van der Waals surface area contributed by atoms with Crippen LogP contribution in [0.1, 0.15) is 166 Å². The predicted molar refractivity (Wildman–Crippen MR) is 405 cm³/mol. The summed E-state index contributed by atoms with van der Waals surface area (Å²) in [4.78, 5) is 5.42. The molecule has 0 spiro atoms. The Balaban J connectivity index is 1.18. The van der Waals surface area contributed by atoms with E-state index >= 15 is 0 Å². The van der Waals surface area contributed by atoms with Crippen LogP contribution < -0.4 is 9.80 Å². The Labute approximate surface area is 554 Å². The van der Waals surface area contributed by atoms with Gasteiger partial charge in [0.15, 0.2) is 0 Å². The molecule has 0 aliphatic heterocycles. The van der Waals surface area contributed by atoms with Crippen LogP contribution in [0.3, 0.4) is 0 Å². The van der Waals surface area contributed by atoms with E-state index in [2.05, 4.69) is 337 Å². The van der Waals surface area contributed by atoms with E-state index in [1.807, 2.05) is 0 Å². The Morgan fingerprint density at radius 3 is 1.00 bits per heavy atom. The number of aromatic nitrogens is 2. The normalized spacial score (nSPS) is 14.7. The van der Waals surface area contributed by atoms with Crippen LogP contribution in [0.2, 0.25) is 0 Å². The van der Waals surface area contributed by atoms with Crippen LogP contribution in [-0.4, -0.2) is 8.80 Å². The highest BCUT2D eigenvalue weighted by molar-refractivity contribution is 6.39. The van der Waals surface area contributed by atoms with Crippen molar-refractivity contribution >= 4 is 110 Å². The third-order valence-electron chi connectivity index (χ3n) is 22.2. The maximum Gasteiger partial charge on any atom is 0.0812 e. The zero-order valence-electron chi connectivity index (χ0n) is 58.3. The molecule has 2 aliphatic carbocycles. The van der Waals surface area contributed by atoms with Crippen molar-refractivity contribution in [1.82, 2.24) is 8.80 Å². The molecule has 4 heterocycles. The van der Waals surface area contributed by atoms with Gasteiger partial charge in [-0.3, -0.25) is 0 Å². The Morgan fingerprint density at radius 1 is 0.287 bits per heavy atom. The van der Waals surface area contributed by atoms with Crippen molar-refractivity contribution < 1.29 is 0 Å². The molecule has 4 aromatic heterocycles. The number of hydrogen-bond acceptors (Lipinski definition) is 2. The maximum atomic E-state index is 2.74. The smallest absolute Gasteiger partial charge is 0.0812 e. The summed E-state index contributed by atoms with van der Waals surface area (Å²) in [7, 11) is 0. The molecule has 0 bridgehead atoms. The number of anilines is 6. The third-order valence-corrected chi connectivity index (χ3v) is 22.2. The van der Waals surface area contributed by atoms with Crippen molar-refractivity contribution in [2.75, 3.05) is 9.80 Å². The van der Waals surface area contributed by atoms with Crippen molar-refractivity contribution in [1.29, 1.82) is 0 Å². The summed E-state index contributed by atoms with van der Waals surface area (Å²) in [6.07, 6.45) is 0. The van der Waals surface area contributed by atoms with Gasteiger partial charge in [-0.15, -0.1) is 0 Å². The highest BCUT2D eigenvalue weighted by Crippen LogP contribution is 2.61. The summed E-state index contributed by atoms with van der Waals surface area (Å²) in [5.74, 6) is 0. The number of fused-ring (bicyclic) bond motifs is 18. The van der Waals surface area contributed by atoms with Crippen LogP contribution in [0.4, 0.5) is 34.1 Å². The van der Waals surface area contributed by atoms with E-state index in [4.69, 9.17) is 0 Å². The lowest BCUT2D eigenvalue weighted by molar-refractivity contribution is 0.590. The van der Waals surface area contributed by atoms with E-state index in [9.17, 15) is 0 Å². The molecule has 0 amide bonds. The first kappa shape index (κ1) is 58.4. The molecule has 0 radical (unpaired) electrons. The molecule has 2 aliphatic rings. The number of hydrogen-bond donors (Lipinski definition) is 0. The topological polar surface area (TPSA) is 15.3 Å². The van der Waals surface area contributed by atoms with Crippen molar-refractivity contribution in [2.45, 2.75) is 157 Å². The van der Waals surface area contributed by atoms with Crippen molar-refractivity contribution in [3.63, 3.8) is 0 Å². The molecule has 4 heteroatoms. The zero-order valence-corrected chi connectivity index (χ0v) is 58.3. The van der Waals surface area contributed by atoms with Gasteiger partial charge in [-0.2, -0.15) is 0 Å². The Bertz CT molecular complexity index is 5390.